The third-order valence-corrected chi connectivity index (χ3v) is 2.31. The Balaban J connectivity index is 2.36. The molecule has 18 heavy (non-hydrogen) atoms. The second-order valence-electron chi connectivity index (χ2n) is 3.51. The molecule has 0 saturated carbocycles. The number of nitrogens with zero attached hydrogens (tertiary/aromatic N) is 1. The molecule has 0 aliphatic heterocycles. The zero-order valence-electron chi connectivity index (χ0n) is 9.88. The maximum atomic E-state index is 11.5. The van der Waals surface area contributed by atoms with Crippen molar-refractivity contribution in [3.05, 3.63) is 65.5 Å². The SMILES string of the molecule is COC(=O)c1cccnc1C#Cc1ccccc1. The van der Waals surface area contributed by atoms with Gasteiger partial charge in [0.2, 0.25) is 0 Å². The fourth-order valence-electron chi connectivity index (χ4n) is 1.43. The van der Waals surface area contributed by atoms with Gasteiger partial charge in [-0.2, -0.15) is 0 Å². The molecule has 0 bridgehead atoms. The molecule has 0 spiro atoms. The molecule has 3 heteroatoms. The summed E-state index contributed by atoms with van der Waals surface area (Å²) in [5.74, 6) is 5.41. The molecule has 0 unspecified atom stereocenters. The minimum Gasteiger partial charge on any atom is -0.465 e. The zero-order valence-corrected chi connectivity index (χ0v) is 9.88. The number of esters is 1. The number of carbonyl (C=O) groups is 1. The average molecular weight is 237 g/mol. The van der Waals surface area contributed by atoms with Gasteiger partial charge in [-0.25, -0.2) is 9.78 Å². The van der Waals surface area contributed by atoms with Gasteiger partial charge in [0.05, 0.1) is 12.7 Å². The number of carbonyl (C=O) groups excluding carboxylic acids is 1. The minimum absolute atomic E-state index is 0.378. The van der Waals surface area contributed by atoms with Crippen LogP contribution in [0.4, 0.5) is 0 Å². The van der Waals surface area contributed by atoms with Crippen molar-refractivity contribution in [2.75, 3.05) is 7.11 Å². The molecule has 0 aliphatic carbocycles. The zero-order chi connectivity index (χ0) is 12.8. The molecule has 0 radical (unpaired) electrons. The smallest absolute Gasteiger partial charge is 0.340 e. The van der Waals surface area contributed by atoms with Crippen molar-refractivity contribution in [1.29, 1.82) is 0 Å². The summed E-state index contributed by atoms with van der Waals surface area (Å²) in [7, 11) is 1.34. The quantitative estimate of drug-likeness (QED) is 0.564. The number of benzene rings is 1. The third-order valence-electron chi connectivity index (χ3n) is 2.31. The van der Waals surface area contributed by atoms with Crippen molar-refractivity contribution in [2.24, 2.45) is 0 Å². The highest BCUT2D eigenvalue weighted by Gasteiger charge is 2.09. The van der Waals surface area contributed by atoms with Crippen LogP contribution in [0.15, 0.2) is 48.7 Å². The van der Waals surface area contributed by atoms with Crippen LogP contribution in [-0.2, 0) is 4.74 Å². The average Bonchev–Trinajstić information content (AvgIpc) is 2.45. The maximum Gasteiger partial charge on any atom is 0.340 e. The lowest BCUT2D eigenvalue weighted by Crippen LogP contribution is -2.05. The van der Waals surface area contributed by atoms with Gasteiger partial charge in [0.1, 0.15) is 5.69 Å². The second-order valence-corrected chi connectivity index (χ2v) is 3.51. The van der Waals surface area contributed by atoms with E-state index in [0.29, 0.717) is 11.3 Å². The number of pyridine rings is 1. The fourth-order valence-corrected chi connectivity index (χ4v) is 1.43. The molecule has 3 nitrogen and oxygen atoms in total. The first-order valence-electron chi connectivity index (χ1n) is 5.41. The normalized spacial score (nSPS) is 9.17. The molecule has 1 aromatic carbocycles. The molecule has 0 N–H and O–H groups in total. The van der Waals surface area contributed by atoms with E-state index >= 15 is 0 Å². The molecule has 0 saturated heterocycles. The summed E-state index contributed by atoms with van der Waals surface area (Å²) in [6.45, 7) is 0. The van der Waals surface area contributed by atoms with Crippen LogP contribution in [0.5, 0.6) is 0 Å². The molecule has 0 atom stereocenters. The number of rotatable bonds is 1. The van der Waals surface area contributed by atoms with Crippen molar-refractivity contribution >= 4 is 5.97 Å². The van der Waals surface area contributed by atoms with Gasteiger partial charge in [0.15, 0.2) is 0 Å². The number of ether oxygens (including phenoxy) is 1. The first-order chi connectivity index (χ1) is 8.81. The van der Waals surface area contributed by atoms with Crippen LogP contribution >= 0.6 is 0 Å². The topological polar surface area (TPSA) is 39.2 Å². The van der Waals surface area contributed by atoms with Gasteiger partial charge in [-0.15, -0.1) is 0 Å². The van der Waals surface area contributed by atoms with Gasteiger partial charge >= 0.3 is 5.97 Å². The van der Waals surface area contributed by atoms with Crippen LogP contribution in [0.3, 0.4) is 0 Å². The monoisotopic (exact) mass is 237 g/mol. The molecule has 2 aromatic rings. The number of hydrogen-bond acceptors (Lipinski definition) is 3. The minimum atomic E-state index is -0.430. The van der Waals surface area contributed by atoms with E-state index in [0.717, 1.165) is 5.56 Å². The van der Waals surface area contributed by atoms with Crippen molar-refractivity contribution in [2.45, 2.75) is 0 Å². The van der Waals surface area contributed by atoms with Crippen molar-refractivity contribution < 1.29 is 9.53 Å². The maximum absolute atomic E-state index is 11.5. The van der Waals surface area contributed by atoms with E-state index in [9.17, 15) is 4.79 Å². The van der Waals surface area contributed by atoms with E-state index in [4.69, 9.17) is 0 Å². The summed E-state index contributed by atoms with van der Waals surface area (Å²) in [4.78, 5) is 15.6. The van der Waals surface area contributed by atoms with E-state index in [1.807, 2.05) is 30.3 Å². The van der Waals surface area contributed by atoms with Gasteiger partial charge in [-0.1, -0.05) is 24.1 Å². The Kier molecular flexibility index (Phi) is 3.72. The summed E-state index contributed by atoms with van der Waals surface area (Å²) >= 11 is 0. The Morgan fingerprint density at radius 1 is 1.11 bits per heavy atom. The fraction of sp³-hybridized carbons (Fsp3) is 0.0667. The first kappa shape index (κ1) is 11.9. The highest BCUT2D eigenvalue weighted by atomic mass is 16.5. The predicted octanol–water partition coefficient (Wildman–Crippen LogP) is 2.27. The van der Waals surface area contributed by atoms with Crippen LogP contribution in [0.1, 0.15) is 21.6 Å². The molecular weight excluding hydrogens is 226 g/mol. The van der Waals surface area contributed by atoms with E-state index in [2.05, 4.69) is 21.6 Å². The molecule has 1 aromatic heterocycles. The summed E-state index contributed by atoms with van der Waals surface area (Å²) < 4.78 is 4.68. The van der Waals surface area contributed by atoms with Crippen molar-refractivity contribution in [3.8, 4) is 11.8 Å². The standard InChI is InChI=1S/C15H11NO2/c1-18-15(17)13-8-5-11-16-14(13)10-9-12-6-3-2-4-7-12/h2-8,11H,1H3. The summed E-state index contributed by atoms with van der Waals surface area (Å²) in [6, 6.07) is 12.9. The van der Waals surface area contributed by atoms with E-state index in [-0.39, 0.29) is 0 Å². The lowest BCUT2D eigenvalue weighted by Gasteiger charge is -2.00. The summed E-state index contributed by atoms with van der Waals surface area (Å²) in [5, 5.41) is 0. The Morgan fingerprint density at radius 3 is 2.61 bits per heavy atom. The number of methoxy groups -OCH3 is 1. The van der Waals surface area contributed by atoms with E-state index in [1.54, 1.807) is 18.3 Å². The molecule has 1 heterocycles. The van der Waals surface area contributed by atoms with Crippen molar-refractivity contribution in [3.63, 3.8) is 0 Å². The van der Waals surface area contributed by atoms with Gasteiger partial charge in [0.25, 0.3) is 0 Å². The Hall–Kier alpha value is -2.60. The first-order valence-corrected chi connectivity index (χ1v) is 5.41. The second kappa shape index (κ2) is 5.65. The van der Waals surface area contributed by atoms with Crippen LogP contribution in [0.25, 0.3) is 0 Å². The molecule has 2 rings (SSSR count). The Morgan fingerprint density at radius 2 is 1.89 bits per heavy atom. The molecule has 0 fully saturated rings. The highest BCUT2D eigenvalue weighted by Crippen LogP contribution is 2.06. The van der Waals surface area contributed by atoms with E-state index in [1.165, 1.54) is 7.11 Å². The Labute approximate surface area is 105 Å². The third kappa shape index (κ3) is 2.74. The van der Waals surface area contributed by atoms with Crippen LogP contribution in [0.2, 0.25) is 0 Å². The van der Waals surface area contributed by atoms with Gasteiger partial charge in [0, 0.05) is 11.8 Å². The molecular formula is C15H11NO2. The van der Waals surface area contributed by atoms with Crippen LogP contribution < -0.4 is 0 Å². The van der Waals surface area contributed by atoms with E-state index < -0.39 is 5.97 Å². The lowest BCUT2D eigenvalue weighted by molar-refractivity contribution is 0.0600. The number of hydrogen-bond donors (Lipinski definition) is 0. The molecule has 0 amide bonds. The molecule has 88 valence electrons. The van der Waals surface area contributed by atoms with Crippen LogP contribution in [0, 0.1) is 11.8 Å². The summed E-state index contributed by atoms with van der Waals surface area (Å²) in [5.41, 5.74) is 1.68. The largest absolute Gasteiger partial charge is 0.465 e. The van der Waals surface area contributed by atoms with Gasteiger partial charge in [-0.05, 0) is 30.2 Å². The van der Waals surface area contributed by atoms with Crippen molar-refractivity contribution in [1.82, 2.24) is 4.98 Å². The van der Waals surface area contributed by atoms with Gasteiger partial charge in [-0.3, -0.25) is 0 Å². The summed E-state index contributed by atoms with van der Waals surface area (Å²) in [6.07, 6.45) is 1.60. The lowest BCUT2D eigenvalue weighted by atomic mass is 10.1. The Bertz CT molecular complexity index is 609. The number of aromatic nitrogens is 1. The molecule has 0 aliphatic rings. The predicted molar refractivity (Wildman–Crippen MR) is 68.0 cm³/mol. The van der Waals surface area contributed by atoms with Gasteiger partial charge < -0.3 is 4.74 Å². The van der Waals surface area contributed by atoms with Crippen LogP contribution in [-0.4, -0.2) is 18.1 Å². The highest BCUT2D eigenvalue weighted by molar-refractivity contribution is 5.91.